The van der Waals surface area contributed by atoms with Crippen molar-refractivity contribution in [3.05, 3.63) is 109 Å². The van der Waals surface area contributed by atoms with Crippen molar-refractivity contribution in [2.45, 2.75) is 24.2 Å². The first-order chi connectivity index (χ1) is 19.5. The lowest BCUT2D eigenvalue weighted by Crippen LogP contribution is -2.35. The van der Waals surface area contributed by atoms with Gasteiger partial charge in [-0.25, -0.2) is 17.4 Å². The highest BCUT2D eigenvalue weighted by molar-refractivity contribution is 7.90. The number of aromatic nitrogens is 2. The highest BCUT2D eigenvalue weighted by Crippen LogP contribution is 2.35. The van der Waals surface area contributed by atoms with Crippen molar-refractivity contribution in [3.8, 4) is 11.4 Å². The number of hydrogen-bond acceptors (Lipinski definition) is 4. The summed E-state index contributed by atoms with van der Waals surface area (Å²) >= 11 is 0. The number of amides is 1. The lowest BCUT2D eigenvalue weighted by atomic mass is 10.0. The number of carbonyl (C=O) groups is 1. The highest BCUT2D eigenvalue weighted by Gasteiger charge is 2.27. The van der Waals surface area contributed by atoms with Crippen molar-refractivity contribution in [3.63, 3.8) is 0 Å². The molecule has 7 heteroatoms. The SMILES string of the molecule is O=C(c1ccc2c(c1)nc(-c1cccc3ccccc13)n2S(=O)(=O)c1ccc2ccccc2c1)N1CCCCC1. The predicted octanol–water partition coefficient (Wildman–Crippen LogP) is 6.87. The summed E-state index contributed by atoms with van der Waals surface area (Å²) in [4.78, 5) is 20.2. The molecule has 1 aromatic heterocycles. The average Bonchev–Trinajstić information content (AvgIpc) is 3.40. The molecule has 0 atom stereocenters. The van der Waals surface area contributed by atoms with E-state index in [-0.39, 0.29) is 10.8 Å². The summed E-state index contributed by atoms with van der Waals surface area (Å²) in [5.74, 6) is 0.280. The molecule has 1 saturated heterocycles. The third-order valence-electron chi connectivity index (χ3n) is 7.79. The van der Waals surface area contributed by atoms with Gasteiger partial charge in [-0.1, -0.05) is 72.8 Å². The second-order valence-electron chi connectivity index (χ2n) is 10.3. The number of nitrogens with zero attached hydrogens (tertiary/aromatic N) is 3. The van der Waals surface area contributed by atoms with Crippen LogP contribution in [0.15, 0.2) is 108 Å². The van der Waals surface area contributed by atoms with E-state index in [1.54, 1.807) is 30.3 Å². The molecule has 0 aliphatic carbocycles. The fourth-order valence-corrected chi connectivity index (χ4v) is 7.24. The largest absolute Gasteiger partial charge is 0.339 e. The molecule has 0 bridgehead atoms. The predicted molar refractivity (Wildman–Crippen MR) is 159 cm³/mol. The summed E-state index contributed by atoms with van der Waals surface area (Å²) in [6.07, 6.45) is 3.13. The summed E-state index contributed by atoms with van der Waals surface area (Å²) in [6.45, 7) is 1.48. The van der Waals surface area contributed by atoms with Gasteiger partial charge in [0.1, 0.15) is 0 Å². The van der Waals surface area contributed by atoms with E-state index in [1.807, 2.05) is 77.7 Å². The van der Waals surface area contributed by atoms with E-state index in [0.29, 0.717) is 28.0 Å². The van der Waals surface area contributed by atoms with Crippen LogP contribution in [0.2, 0.25) is 0 Å². The minimum absolute atomic E-state index is 0.0414. The van der Waals surface area contributed by atoms with Crippen molar-refractivity contribution in [2.24, 2.45) is 0 Å². The zero-order chi connectivity index (χ0) is 27.3. The summed E-state index contributed by atoms with van der Waals surface area (Å²) in [5, 5.41) is 3.70. The van der Waals surface area contributed by atoms with Gasteiger partial charge in [-0.15, -0.1) is 0 Å². The number of fused-ring (bicyclic) bond motifs is 3. The van der Waals surface area contributed by atoms with Gasteiger partial charge in [0.2, 0.25) is 0 Å². The summed E-state index contributed by atoms with van der Waals surface area (Å²) < 4.78 is 30.1. The standard InChI is InChI=1S/C33H27N3O3S/c37-33(35-19-6-1-7-20-35)26-16-18-31-30(22-26)34-32(29-14-8-12-24-10-4-5-13-28(24)29)36(31)40(38,39)27-17-15-23-9-2-3-11-25(23)21-27/h2-5,8-18,21-22H,1,6-7,19-20H2. The van der Waals surface area contributed by atoms with Gasteiger partial charge < -0.3 is 4.90 Å². The fourth-order valence-electron chi connectivity index (χ4n) is 5.74. The molecule has 40 heavy (non-hydrogen) atoms. The summed E-state index contributed by atoms with van der Waals surface area (Å²) in [5.41, 5.74) is 2.13. The monoisotopic (exact) mass is 545 g/mol. The molecule has 6 aromatic rings. The molecule has 1 fully saturated rings. The van der Waals surface area contributed by atoms with Crippen LogP contribution in [0.3, 0.4) is 0 Å². The molecular formula is C33H27N3O3S. The molecule has 0 radical (unpaired) electrons. The molecule has 0 unspecified atom stereocenters. The Morgan fingerprint density at radius 3 is 2.25 bits per heavy atom. The van der Waals surface area contributed by atoms with Crippen molar-refractivity contribution in [1.82, 2.24) is 13.9 Å². The number of rotatable bonds is 4. The maximum atomic E-state index is 14.4. The van der Waals surface area contributed by atoms with Gasteiger partial charge in [0.15, 0.2) is 5.82 Å². The Labute approximate surface area is 232 Å². The first kappa shape index (κ1) is 24.5. The molecule has 0 N–H and O–H groups in total. The fraction of sp³-hybridized carbons (Fsp3) is 0.152. The van der Waals surface area contributed by atoms with E-state index in [4.69, 9.17) is 4.98 Å². The highest BCUT2D eigenvalue weighted by atomic mass is 32.2. The van der Waals surface area contributed by atoms with E-state index in [1.165, 1.54) is 3.97 Å². The molecule has 0 spiro atoms. The molecule has 1 amide bonds. The van der Waals surface area contributed by atoms with Crippen LogP contribution in [-0.2, 0) is 10.0 Å². The van der Waals surface area contributed by atoms with Crippen LogP contribution in [0.5, 0.6) is 0 Å². The zero-order valence-electron chi connectivity index (χ0n) is 21.8. The van der Waals surface area contributed by atoms with Crippen LogP contribution >= 0.6 is 0 Å². The van der Waals surface area contributed by atoms with Crippen LogP contribution in [0.1, 0.15) is 29.6 Å². The Morgan fingerprint density at radius 1 is 0.700 bits per heavy atom. The topological polar surface area (TPSA) is 72.3 Å². The molecule has 6 nitrogen and oxygen atoms in total. The second-order valence-corrected chi connectivity index (χ2v) is 12.1. The Hall–Kier alpha value is -4.49. The first-order valence-electron chi connectivity index (χ1n) is 13.5. The number of benzene rings is 5. The van der Waals surface area contributed by atoms with Crippen molar-refractivity contribution < 1.29 is 13.2 Å². The van der Waals surface area contributed by atoms with E-state index in [9.17, 15) is 13.2 Å². The van der Waals surface area contributed by atoms with Crippen LogP contribution in [0, 0.1) is 0 Å². The molecule has 1 aliphatic rings. The number of piperidine rings is 1. The molecule has 5 aromatic carbocycles. The van der Waals surface area contributed by atoms with Gasteiger partial charge in [-0.3, -0.25) is 4.79 Å². The van der Waals surface area contributed by atoms with Crippen LogP contribution < -0.4 is 0 Å². The minimum Gasteiger partial charge on any atom is -0.339 e. The average molecular weight is 546 g/mol. The molecule has 0 saturated carbocycles. The van der Waals surface area contributed by atoms with Crippen LogP contribution in [0.4, 0.5) is 0 Å². The van der Waals surface area contributed by atoms with Crippen LogP contribution in [0.25, 0.3) is 44.0 Å². The number of imidazole rings is 1. The first-order valence-corrected chi connectivity index (χ1v) is 15.0. The molecule has 2 heterocycles. The Bertz CT molecular complexity index is 2030. The summed E-state index contributed by atoms with van der Waals surface area (Å²) in [6, 6.07) is 31.7. The quantitative estimate of drug-likeness (QED) is 0.242. The maximum Gasteiger partial charge on any atom is 0.270 e. The Kier molecular flexibility index (Phi) is 5.90. The van der Waals surface area contributed by atoms with Gasteiger partial charge in [-0.2, -0.15) is 0 Å². The Balaban J connectivity index is 1.46. The van der Waals surface area contributed by atoms with Crippen molar-refractivity contribution in [1.29, 1.82) is 0 Å². The molecule has 1 aliphatic heterocycles. The number of hydrogen-bond donors (Lipinski definition) is 0. The van der Waals surface area contributed by atoms with E-state index >= 15 is 0 Å². The minimum atomic E-state index is -4.06. The van der Waals surface area contributed by atoms with Crippen molar-refractivity contribution in [2.75, 3.05) is 13.1 Å². The van der Waals surface area contributed by atoms with Gasteiger partial charge in [0.05, 0.1) is 15.9 Å². The van der Waals surface area contributed by atoms with Gasteiger partial charge in [0.25, 0.3) is 15.9 Å². The molecular weight excluding hydrogens is 518 g/mol. The smallest absolute Gasteiger partial charge is 0.270 e. The third kappa shape index (κ3) is 4.05. The summed E-state index contributed by atoms with van der Waals surface area (Å²) in [7, 11) is -4.06. The lowest BCUT2D eigenvalue weighted by Gasteiger charge is -2.26. The third-order valence-corrected chi connectivity index (χ3v) is 9.49. The van der Waals surface area contributed by atoms with E-state index in [0.717, 1.165) is 53.9 Å². The number of carbonyl (C=O) groups excluding carboxylic acids is 1. The Morgan fingerprint density at radius 2 is 1.43 bits per heavy atom. The second kappa shape index (κ2) is 9.61. The molecule has 198 valence electrons. The van der Waals surface area contributed by atoms with Gasteiger partial charge >= 0.3 is 0 Å². The van der Waals surface area contributed by atoms with Gasteiger partial charge in [0, 0.05) is 24.2 Å². The normalized spacial score (nSPS) is 14.2. The van der Waals surface area contributed by atoms with Crippen LogP contribution in [-0.4, -0.2) is 41.3 Å². The van der Waals surface area contributed by atoms with E-state index in [2.05, 4.69) is 0 Å². The van der Waals surface area contributed by atoms with E-state index < -0.39 is 10.0 Å². The number of likely N-dealkylation sites (tertiary alicyclic amines) is 1. The van der Waals surface area contributed by atoms with Crippen molar-refractivity contribution >= 4 is 48.5 Å². The zero-order valence-corrected chi connectivity index (χ0v) is 22.6. The maximum absolute atomic E-state index is 14.4. The van der Waals surface area contributed by atoms with Gasteiger partial charge in [-0.05, 0) is 71.1 Å². The lowest BCUT2D eigenvalue weighted by molar-refractivity contribution is 0.0724. The molecule has 7 rings (SSSR count).